The molecule has 0 amide bonds. The van der Waals surface area contributed by atoms with Crippen LogP contribution in [-0.4, -0.2) is 9.97 Å². The maximum absolute atomic E-state index is 4.49. The molecule has 0 atom stereocenters. The first kappa shape index (κ1) is 10.7. The van der Waals surface area contributed by atoms with E-state index in [0.717, 1.165) is 23.3 Å². The number of H-pyrrole nitrogens is 1. The number of imidazole rings is 1. The van der Waals surface area contributed by atoms with E-state index in [0.29, 0.717) is 0 Å². The van der Waals surface area contributed by atoms with Gasteiger partial charge in [-0.1, -0.05) is 25.5 Å². The Hall–Kier alpha value is -1.38. The molecule has 0 aliphatic carbocycles. The number of hydrogen-bond acceptors (Lipinski definition) is 1. The summed E-state index contributed by atoms with van der Waals surface area (Å²) < 4.78 is 0. The normalized spacial score (nSPS) is 10.1. The van der Waals surface area contributed by atoms with Crippen LogP contribution in [0.1, 0.15) is 25.6 Å². The Kier molecular flexibility index (Phi) is 3.63. The maximum atomic E-state index is 4.49. The first-order valence-corrected chi connectivity index (χ1v) is 4.84. The van der Waals surface area contributed by atoms with Crippen LogP contribution < -0.4 is 0 Å². The van der Waals surface area contributed by atoms with Crippen molar-refractivity contribution in [1.29, 1.82) is 0 Å². The highest BCUT2D eigenvalue weighted by atomic mass is 19.0. The Labute approximate surface area is 82.7 Å². The molecule has 2 aromatic rings. The lowest BCUT2D eigenvalue weighted by molar-refractivity contribution is 0.765. The molecule has 2 nitrogen and oxygen atoms in total. The highest BCUT2D eigenvalue weighted by Gasteiger charge is 1.99. The number of aromatic nitrogens is 2. The number of rotatable bonds is 3. The van der Waals surface area contributed by atoms with Crippen LogP contribution in [-0.2, 0) is 6.42 Å². The van der Waals surface area contributed by atoms with Gasteiger partial charge in [-0.2, -0.15) is 0 Å². The summed E-state index contributed by atoms with van der Waals surface area (Å²) in [5.41, 5.74) is 2.22. The van der Waals surface area contributed by atoms with Gasteiger partial charge in [0, 0.05) is 6.42 Å². The summed E-state index contributed by atoms with van der Waals surface area (Å²) >= 11 is 0. The van der Waals surface area contributed by atoms with E-state index in [9.17, 15) is 0 Å². The molecule has 3 heteroatoms. The third kappa shape index (κ3) is 2.10. The van der Waals surface area contributed by atoms with E-state index >= 15 is 0 Å². The molecular formula is C11H15FN2. The minimum Gasteiger partial charge on any atom is -0.342 e. The Balaban J connectivity index is 0.000000980. The van der Waals surface area contributed by atoms with Gasteiger partial charge >= 0.3 is 0 Å². The summed E-state index contributed by atoms with van der Waals surface area (Å²) in [5.74, 6) is 1.11. The zero-order valence-electron chi connectivity index (χ0n) is 8.29. The fourth-order valence-corrected chi connectivity index (χ4v) is 1.47. The third-order valence-electron chi connectivity index (χ3n) is 2.21. The lowest BCUT2D eigenvalue weighted by atomic mass is 10.2. The smallest absolute Gasteiger partial charge is 0.107 e. The van der Waals surface area contributed by atoms with Crippen molar-refractivity contribution >= 4 is 11.0 Å². The number of nitrogens with one attached hydrogen (secondary N) is 1. The number of fused-ring (bicyclic) bond motifs is 1. The van der Waals surface area contributed by atoms with Gasteiger partial charge in [0.25, 0.3) is 0 Å². The number of nitrogens with zero attached hydrogens (tertiary/aromatic N) is 1. The summed E-state index contributed by atoms with van der Waals surface area (Å²) in [6.07, 6.45) is 3.49. The van der Waals surface area contributed by atoms with Crippen LogP contribution in [0.5, 0.6) is 0 Å². The molecule has 0 bridgehead atoms. The van der Waals surface area contributed by atoms with Crippen molar-refractivity contribution in [3.8, 4) is 0 Å². The molecule has 0 saturated heterocycles. The summed E-state index contributed by atoms with van der Waals surface area (Å²) in [7, 11) is 0. The highest BCUT2D eigenvalue weighted by molar-refractivity contribution is 5.74. The van der Waals surface area contributed by atoms with Gasteiger partial charge in [0.2, 0.25) is 0 Å². The highest BCUT2D eigenvalue weighted by Crippen LogP contribution is 2.11. The van der Waals surface area contributed by atoms with Crippen molar-refractivity contribution in [2.24, 2.45) is 0 Å². The fourth-order valence-electron chi connectivity index (χ4n) is 1.47. The summed E-state index contributed by atoms with van der Waals surface area (Å²) in [4.78, 5) is 7.81. The van der Waals surface area contributed by atoms with Crippen LogP contribution in [0.3, 0.4) is 0 Å². The molecule has 0 radical (unpaired) electrons. The van der Waals surface area contributed by atoms with Crippen LogP contribution in [0.25, 0.3) is 11.0 Å². The van der Waals surface area contributed by atoms with E-state index in [1.165, 1.54) is 12.8 Å². The zero-order chi connectivity index (χ0) is 9.10. The monoisotopic (exact) mass is 194 g/mol. The molecule has 1 N–H and O–H groups in total. The first-order valence-electron chi connectivity index (χ1n) is 4.84. The van der Waals surface area contributed by atoms with Gasteiger partial charge in [0.05, 0.1) is 11.0 Å². The Morgan fingerprint density at radius 1 is 1.29 bits per heavy atom. The average molecular weight is 194 g/mol. The van der Waals surface area contributed by atoms with E-state index in [1.54, 1.807) is 0 Å². The second-order valence-corrected chi connectivity index (χ2v) is 3.30. The molecule has 1 aromatic heterocycles. The van der Waals surface area contributed by atoms with Crippen LogP contribution in [0, 0.1) is 0 Å². The van der Waals surface area contributed by atoms with Crippen molar-refractivity contribution in [1.82, 2.24) is 9.97 Å². The summed E-state index contributed by atoms with van der Waals surface area (Å²) in [6, 6.07) is 8.16. The number of para-hydroxylation sites is 2. The molecule has 14 heavy (non-hydrogen) atoms. The van der Waals surface area contributed by atoms with Crippen LogP contribution in [0.4, 0.5) is 4.70 Å². The second-order valence-electron chi connectivity index (χ2n) is 3.30. The van der Waals surface area contributed by atoms with E-state index in [4.69, 9.17) is 0 Å². The molecule has 0 spiro atoms. The van der Waals surface area contributed by atoms with E-state index in [-0.39, 0.29) is 4.70 Å². The molecule has 0 aliphatic rings. The minimum atomic E-state index is 0. The third-order valence-corrected chi connectivity index (χ3v) is 2.21. The van der Waals surface area contributed by atoms with Gasteiger partial charge in [-0.15, -0.1) is 0 Å². The molecule has 1 heterocycles. The van der Waals surface area contributed by atoms with E-state index in [1.807, 2.05) is 18.2 Å². The Morgan fingerprint density at radius 3 is 2.79 bits per heavy atom. The molecule has 0 saturated carbocycles. The van der Waals surface area contributed by atoms with Crippen molar-refractivity contribution in [2.75, 3.05) is 0 Å². The average Bonchev–Trinajstić information content (AvgIpc) is 2.57. The van der Waals surface area contributed by atoms with Crippen molar-refractivity contribution in [3.05, 3.63) is 30.1 Å². The topological polar surface area (TPSA) is 28.7 Å². The molecule has 76 valence electrons. The van der Waals surface area contributed by atoms with Gasteiger partial charge in [-0.05, 0) is 18.6 Å². The first-order chi connectivity index (χ1) is 6.40. The molecular weight excluding hydrogens is 179 g/mol. The van der Waals surface area contributed by atoms with Gasteiger partial charge in [0.15, 0.2) is 0 Å². The second kappa shape index (κ2) is 4.74. The molecule has 1 aromatic carbocycles. The fraction of sp³-hybridized carbons (Fsp3) is 0.364. The predicted octanol–water partition coefficient (Wildman–Crippen LogP) is 3.06. The number of hydrogen-bond donors (Lipinski definition) is 1. The van der Waals surface area contributed by atoms with Gasteiger partial charge in [-0.25, -0.2) is 4.98 Å². The molecule has 0 aliphatic heterocycles. The van der Waals surface area contributed by atoms with Crippen LogP contribution in [0.2, 0.25) is 0 Å². The standard InChI is InChI=1S/C11H14N2.FH/c1-2-3-8-11-12-9-6-4-5-7-10(9)13-11;/h4-7H,2-3,8H2,1H3,(H,12,13);1H. The number of aromatic amines is 1. The van der Waals surface area contributed by atoms with Crippen molar-refractivity contribution in [2.45, 2.75) is 26.2 Å². The zero-order valence-corrected chi connectivity index (χ0v) is 8.29. The molecule has 0 unspecified atom stereocenters. The molecule has 0 fully saturated rings. The van der Waals surface area contributed by atoms with Gasteiger partial charge in [0.1, 0.15) is 5.82 Å². The SMILES string of the molecule is CCCCc1nc2ccccc2[nH]1.F. The van der Waals surface area contributed by atoms with E-state index < -0.39 is 0 Å². The summed E-state index contributed by atoms with van der Waals surface area (Å²) in [5, 5.41) is 0. The van der Waals surface area contributed by atoms with E-state index in [2.05, 4.69) is 23.0 Å². The van der Waals surface area contributed by atoms with Gasteiger partial charge < -0.3 is 4.98 Å². The van der Waals surface area contributed by atoms with Crippen LogP contribution >= 0.6 is 0 Å². The van der Waals surface area contributed by atoms with Crippen molar-refractivity contribution in [3.63, 3.8) is 0 Å². The quantitative estimate of drug-likeness (QED) is 0.799. The Morgan fingerprint density at radius 2 is 2.07 bits per heavy atom. The van der Waals surface area contributed by atoms with Gasteiger partial charge in [-0.3, -0.25) is 4.70 Å². The summed E-state index contributed by atoms with van der Waals surface area (Å²) in [6.45, 7) is 2.20. The van der Waals surface area contributed by atoms with Crippen LogP contribution in [0.15, 0.2) is 24.3 Å². The number of unbranched alkanes of at least 4 members (excludes halogenated alkanes) is 1. The molecule has 2 rings (SSSR count). The predicted molar refractivity (Wildman–Crippen MR) is 57.2 cm³/mol. The Bertz CT molecular complexity index is 362. The largest absolute Gasteiger partial charge is 0.342 e. The number of benzene rings is 1. The lowest BCUT2D eigenvalue weighted by Gasteiger charge is -1.90. The minimum absolute atomic E-state index is 0. The lowest BCUT2D eigenvalue weighted by Crippen LogP contribution is -1.86. The number of halogens is 1. The van der Waals surface area contributed by atoms with Crippen molar-refractivity contribution < 1.29 is 4.70 Å². The number of aryl methyl sites for hydroxylation is 1. The maximum Gasteiger partial charge on any atom is 0.107 e.